The molecule has 0 aliphatic heterocycles. The monoisotopic (exact) mass is 193 g/mol. The molecule has 0 aromatic carbocycles. The Balaban J connectivity index is 2.31. The van der Waals surface area contributed by atoms with Gasteiger partial charge in [0, 0.05) is 7.05 Å². The van der Waals surface area contributed by atoms with Gasteiger partial charge in [-0.15, -0.1) is 5.10 Å². The van der Waals surface area contributed by atoms with E-state index in [-0.39, 0.29) is 6.04 Å². The molecule has 14 heavy (non-hydrogen) atoms. The zero-order chi connectivity index (χ0) is 9.97. The Labute approximate surface area is 80.5 Å². The Morgan fingerprint density at radius 1 is 1.50 bits per heavy atom. The number of nitrogens with zero attached hydrogens (tertiary/aromatic N) is 5. The van der Waals surface area contributed by atoms with Gasteiger partial charge in [0.2, 0.25) is 0 Å². The van der Waals surface area contributed by atoms with Crippen molar-refractivity contribution in [3.05, 3.63) is 23.8 Å². The van der Waals surface area contributed by atoms with Crippen LogP contribution in [0.3, 0.4) is 0 Å². The number of rotatable bonds is 3. The molecule has 0 saturated heterocycles. The number of hydrogen-bond donors (Lipinski definition) is 2. The maximum absolute atomic E-state index is 4.01. The average Bonchev–Trinajstić information content (AvgIpc) is 2.79. The van der Waals surface area contributed by atoms with Crippen LogP contribution in [0.25, 0.3) is 0 Å². The van der Waals surface area contributed by atoms with Crippen LogP contribution in [-0.2, 0) is 7.05 Å². The minimum Gasteiger partial charge on any atom is -0.307 e. The molecule has 0 saturated carbocycles. The van der Waals surface area contributed by atoms with E-state index < -0.39 is 0 Å². The zero-order valence-corrected chi connectivity index (χ0v) is 7.97. The molecule has 7 heteroatoms. The summed E-state index contributed by atoms with van der Waals surface area (Å²) in [4.78, 5) is 0. The van der Waals surface area contributed by atoms with E-state index >= 15 is 0 Å². The second-order valence-electron chi connectivity index (χ2n) is 2.93. The Hall–Kier alpha value is -1.76. The van der Waals surface area contributed by atoms with E-state index in [0.717, 1.165) is 11.4 Å². The Kier molecular flexibility index (Phi) is 2.23. The van der Waals surface area contributed by atoms with Crippen LogP contribution < -0.4 is 5.32 Å². The van der Waals surface area contributed by atoms with Crippen LogP contribution in [0, 0.1) is 0 Å². The number of aryl methyl sites for hydroxylation is 1. The fourth-order valence-corrected chi connectivity index (χ4v) is 1.29. The first-order valence-corrected chi connectivity index (χ1v) is 4.20. The largest absolute Gasteiger partial charge is 0.307 e. The summed E-state index contributed by atoms with van der Waals surface area (Å²) in [6.45, 7) is 0. The lowest BCUT2D eigenvalue weighted by molar-refractivity contribution is 0.644. The van der Waals surface area contributed by atoms with Crippen LogP contribution >= 0.6 is 0 Å². The number of hydrogen-bond acceptors (Lipinski definition) is 5. The predicted octanol–water partition coefficient (Wildman–Crippen LogP) is -0.758. The summed E-state index contributed by atoms with van der Waals surface area (Å²) in [7, 11) is 3.67. The van der Waals surface area contributed by atoms with Gasteiger partial charge in [-0.3, -0.25) is 4.68 Å². The molecule has 0 aliphatic rings. The van der Waals surface area contributed by atoms with Crippen molar-refractivity contribution < 1.29 is 0 Å². The molecular weight excluding hydrogens is 182 g/mol. The molecule has 2 heterocycles. The van der Waals surface area contributed by atoms with Crippen LogP contribution in [-0.4, -0.2) is 37.5 Å². The fraction of sp³-hybridized carbons (Fsp3) is 0.429. The molecule has 2 aromatic rings. The highest BCUT2D eigenvalue weighted by atomic mass is 15.4. The molecule has 0 amide bonds. The summed E-state index contributed by atoms with van der Waals surface area (Å²) >= 11 is 0. The molecule has 2 rings (SSSR count). The second-order valence-corrected chi connectivity index (χ2v) is 2.93. The average molecular weight is 193 g/mol. The van der Waals surface area contributed by atoms with Gasteiger partial charge in [-0.25, -0.2) is 0 Å². The van der Waals surface area contributed by atoms with Crippen molar-refractivity contribution in [1.82, 2.24) is 35.7 Å². The van der Waals surface area contributed by atoms with Crippen LogP contribution in [0.2, 0.25) is 0 Å². The molecule has 0 spiro atoms. The third-order valence-corrected chi connectivity index (χ3v) is 1.93. The number of aromatic amines is 1. The lowest BCUT2D eigenvalue weighted by atomic mass is 10.2. The van der Waals surface area contributed by atoms with E-state index in [0.29, 0.717) is 0 Å². The normalized spacial score (nSPS) is 13.0. The summed E-state index contributed by atoms with van der Waals surface area (Å²) in [5, 5.41) is 21.3. The molecule has 0 radical (unpaired) electrons. The van der Waals surface area contributed by atoms with Gasteiger partial charge < -0.3 is 5.32 Å². The van der Waals surface area contributed by atoms with E-state index in [9.17, 15) is 0 Å². The lowest BCUT2D eigenvalue weighted by Gasteiger charge is -2.08. The summed E-state index contributed by atoms with van der Waals surface area (Å²) in [5.74, 6) is 0. The Bertz CT molecular complexity index is 390. The lowest BCUT2D eigenvalue weighted by Crippen LogP contribution is -2.18. The highest BCUT2D eigenvalue weighted by Gasteiger charge is 2.17. The zero-order valence-electron chi connectivity index (χ0n) is 7.97. The second kappa shape index (κ2) is 3.54. The van der Waals surface area contributed by atoms with Gasteiger partial charge in [0.15, 0.2) is 0 Å². The van der Waals surface area contributed by atoms with Crippen molar-refractivity contribution in [2.75, 3.05) is 7.05 Å². The molecule has 74 valence electrons. The Morgan fingerprint density at radius 2 is 2.36 bits per heavy atom. The third-order valence-electron chi connectivity index (χ3n) is 1.93. The van der Waals surface area contributed by atoms with E-state index in [1.54, 1.807) is 10.9 Å². The van der Waals surface area contributed by atoms with Gasteiger partial charge in [0.05, 0.1) is 18.4 Å². The molecule has 0 fully saturated rings. The van der Waals surface area contributed by atoms with Crippen molar-refractivity contribution in [3.63, 3.8) is 0 Å². The number of nitrogens with one attached hydrogen (secondary N) is 2. The van der Waals surface area contributed by atoms with Gasteiger partial charge >= 0.3 is 0 Å². The van der Waals surface area contributed by atoms with Crippen LogP contribution in [0.15, 0.2) is 12.4 Å². The van der Waals surface area contributed by atoms with Crippen LogP contribution in [0.1, 0.15) is 17.4 Å². The third kappa shape index (κ3) is 1.49. The minimum atomic E-state index is -0.0672. The molecule has 2 aromatic heterocycles. The Morgan fingerprint density at radius 3 is 2.86 bits per heavy atom. The molecule has 1 atom stereocenters. The van der Waals surface area contributed by atoms with Gasteiger partial charge in [0.25, 0.3) is 0 Å². The first kappa shape index (κ1) is 8.82. The minimum absolute atomic E-state index is 0.0672. The number of aromatic nitrogens is 6. The van der Waals surface area contributed by atoms with E-state index in [1.807, 2.05) is 20.3 Å². The van der Waals surface area contributed by atoms with Gasteiger partial charge in [-0.05, 0) is 7.05 Å². The van der Waals surface area contributed by atoms with Crippen molar-refractivity contribution >= 4 is 0 Å². The fourth-order valence-electron chi connectivity index (χ4n) is 1.29. The van der Waals surface area contributed by atoms with Crippen molar-refractivity contribution in [1.29, 1.82) is 0 Å². The van der Waals surface area contributed by atoms with E-state index in [2.05, 4.69) is 31.0 Å². The smallest absolute Gasteiger partial charge is 0.106 e. The van der Waals surface area contributed by atoms with Crippen molar-refractivity contribution in [2.45, 2.75) is 6.04 Å². The SMILES string of the molecule is CNC(c1cn(C)nn1)c1cn[nH]n1. The molecule has 7 nitrogen and oxygen atoms in total. The quantitative estimate of drug-likeness (QED) is 0.669. The summed E-state index contributed by atoms with van der Waals surface area (Å²) in [6.07, 6.45) is 3.51. The molecule has 0 bridgehead atoms. The highest BCUT2D eigenvalue weighted by Crippen LogP contribution is 2.15. The van der Waals surface area contributed by atoms with Crippen LogP contribution in [0.5, 0.6) is 0 Å². The number of H-pyrrole nitrogens is 1. The molecule has 2 N–H and O–H groups in total. The van der Waals surface area contributed by atoms with Gasteiger partial charge in [0.1, 0.15) is 11.4 Å². The predicted molar refractivity (Wildman–Crippen MR) is 48.3 cm³/mol. The van der Waals surface area contributed by atoms with E-state index in [4.69, 9.17) is 0 Å². The molecule has 1 unspecified atom stereocenters. The highest BCUT2D eigenvalue weighted by molar-refractivity contribution is 5.15. The topological polar surface area (TPSA) is 84.3 Å². The maximum atomic E-state index is 4.01. The summed E-state index contributed by atoms with van der Waals surface area (Å²) in [6, 6.07) is -0.0672. The summed E-state index contributed by atoms with van der Waals surface area (Å²) < 4.78 is 1.65. The molecular formula is C7H11N7. The van der Waals surface area contributed by atoms with Gasteiger partial charge in [-0.2, -0.15) is 15.4 Å². The van der Waals surface area contributed by atoms with Gasteiger partial charge in [-0.1, -0.05) is 5.21 Å². The summed E-state index contributed by atoms with van der Waals surface area (Å²) in [5.41, 5.74) is 1.62. The molecule has 0 aliphatic carbocycles. The first-order valence-electron chi connectivity index (χ1n) is 4.20. The standard InChI is InChI=1S/C7H11N7/c1-8-7(5-3-9-12-10-5)6-4-14(2)13-11-6/h3-4,7-8H,1-2H3,(H,9,10,12). The van der Waals surface area contributed by atoms with Crippen molar-refractivity contribution in [3.8, 4) is 0 Å². The van der Waals surface area contributed by atoms with Crippen LogP contribution in [0.4, 0.5) is 0 Å². The van der Waals surface area contributed by atoms with Crippen molar-refractivity contribution in [2.24, 2.45) is 7.05 Å². The van der Waals surface area contributed by atoms with E-state index in [1.165, 1.54) is 0 Å². The maximum Gasteiger partial charge on any atom is 0.106 e. The first-order chi connectivity index (χ1) is 6.81.